The third-order valence-corrected chi connectivity index (χ3v) is 4.50. The van der Waals surface area contributed by atoms with Crippen molar-refractivity contribution in [2.24, 2.45) is 11.8 Å². The van der Waals surface area contributed by atoms with Gasteiger partial charge in [0.25, 0.3) is 0 Å². The lowest BCUT2D eigenvalue weighted by Gasteiger charge is -2.46. The van der Waals surface area contributed by atoms with Crippen molar-refractivity contribution in [2.45, 2.75) is 83.7 Å². The van der Waals surface area contributed by atoms with Crippen molar-refractivity contribution >= 4 is 5.97 Å². The third kappa shape index (κ3) is 4.19. The molecule has 2 rings (SSSR count). The molecule has 6 heteroatoms. The van der Waals surface area contributed by atoms with Gasteiger partial charge in [0.2, 0.25) is 0 Å². The quantitative estimate of drug-likeness (QED) is 0.519. The fraction of sp³-hybridized carbons (Fsp3) is 0.938. The second kappa shape index (κ2) is 7.73. The zero-order valence-electron chi connectivity index (χ0n) is 13.7. The predicted molar refractivity (Wildman–Crippen MR) is 78.6 cm³/mol. The summed E-state index contributed by atoms with van der Waals surface area (Å²) in [5, 5.41) is 9.06. The molecule has 4 atom stereocenters. The predicted octanol–water partition coefficient (Wildman–Crippen LogP) is 3.45. The first kappa shape index (κ1) is 17.7. The van der Waals surface area contributed by atoms with E-state index in [1.807, 2.05) is 0 Å². The molecule has 2 heterocycles. The molecule has 0 aromatic heterocycles. The van der Waals surface area contributed by atoms with Crippen molar-refractivity contribution in [1.29, 1.82) is 0 Å². The fourth-order valence-corrected chi connectivity index (χ4v) is 2.89. The molecule has 2 fully saturated rings. The molecular formula is C16H28O6. The Kier molecular flexibility index (Phi) is 6.20. The second-order valence-electron chi connectivity index (χ2n) is 7.04. The second-order valence-corrected chi connectivity index (χ2v) is 7.04. The van der Waals surface area contributed by atoms with Crippen LogP contribution in [0.5, 0.6) is 0 Å². The van der Waals surface area contributed by atoms with Crippen molar-refractivity contribution in [3.63, 3.8) is 0 Å². The fourth-order valence-electron chi connectivity index (χ4n) is 2.89. The van der Waals surface area contributed by atoms with Crippen molar-refractivity contribution in [3.05, 3.63) is 0 Å². The summed E-state index contributed by atoms with van der Waals surface area (Å²) in [6.07, 6.45) is 6.66. The number of hydrogen-bond acceptors (Lipinski definition) is 5. The number of unbranched alkanes of at least 4 members (excludes halogenated alkanes) is 1. The molecule has 0 saturated carbocycles. The van der Waals surface area contributed by atoms with Crippen LogP contribution in [0.2, 0.25) is 0 Å². The Morgan fingerprint density at radius 3 is 2.41 bits per heavy atom. The molecule has 0 aromatic rings. The van der Waals surface area contributed by atoms with Crippen molar-refractivity contribution in [1.82, 2.24) is 0 Å². The Morgan fingerprint density at radius 2 is 1.86 bits per heavy atom. The third-order valence-electron chi connectivity index (χ3n) is 4.50. The van der Waals surface area contributed by atoms with E-state index in [9.17, 15) is 4.79 Å². The largest absolute Gasteiger partial charge is 0.477 e. The average molecular weight is 316 g/mol. The lowest BCUT2D eigenvalue weighted by Crippen LogP contribution is -2.66. The van der Waals surface area contributed by atoms with Crippen LogP contribution in [0.1, 0.15) is 65.7 Å². The van der Waals surface area contributed by atoms with Gasteiger partial charge in [-0.3, -0.25) is 0 Å². The van der Waals surface area contributed by atoms with Gasteiger partial charge in [0.15, 0.2) is 6.10 Å². The monoisotopic (exact) mass is 316 g/mol. The Labute approximate surface area is 131 Å². The van der Waals surface area contributed by atoms with Crippen molar-refractivity contribution in [3.8, 4) is 0 Å². The van der Waals surface area contributed by atoms with E-state index in [0.29, 0.717) is 6.42 Å². The van der Waals surface area contributed by atoms with Gasteiger partial charge in [-0.1, -0.05) is 52.9 Å². The molecule has 4 unspecified atom stereocenters. The topological polar surface area (TPSA) is 74.2 Å². The van der Waals surface area contributed by atoms with Crippen LogP contribution in [0.4, 0.5) is 0 Å². The number of rotatable bonds is 9. The van der Waals surface area contributed by atoms with E-state index >= 15 is 0 Å². The summed E-state index contributed by atoms with van der Waals surface area (Å²) in [6.45, 7) is 6.83. The zero-order chi connectivity index (χ0) is 16.2. The molecule has 2 aliphatic rings. The first-order valence-electron chi connectivity index (χ1n) is 8.36. The van der Waals surface area contributed by atoms with Gasteiger partial charge in [0, 0.05) is 6.42 Å². The Hall–Kier alpha value is -0.690. The number of fused-ring (bicyclic) bond motifs is 1. The van der Waals surface area contributed by atoms with Gasteiger partial charge in [-0.05, 0) is 18.3 Å². The van der Waals surface area contributed by atoms with E-state index in [1.54, 1.807) is 0 Å². The van der Waals surface area contributed by atoms with Crippen LogP contribution in [-0.2, 0) is 24.3 Å². The minimum Gasteiger partial charge on any atom is -0.477 e. The normalized spacial score (nSPS) is 32.4. The average Bonchev–Trinajstić information content (AvgIpc) is 2.43. The van der Waals surface area contributed by atoms with Crippen LogP contribution in [0.3, 0.4) is 0 Å². The zero-order valence-corrected chi connectivity index (χ0v) is 13.7. The van der Waals surface area contributed by atoms with Gasteiger partial charge in [0.1, 0.15) is 0 Å². The number of carboxylic acids is 1. The van der Waals surface area contributed by atoms with Gasteiger partial charge >= 0.3 is 11.8 Å². The van der Waals surface area contributed by atoms with Crippen molar-refractivity contribution in [2.75, 3.05) is 0 Å². The highest BCUT2D eigenvalue weighted by atomic mass is 17.4. The van der Waals surface area contributed by atoms with E-state index in [2.05, 4.69) is 25.7 Å². The number of hydrogen-bond donors (Lipinski definition) is 1. The molecule has 0 aromatic carbocycles. The first-order valence-corrected chi connectivity index (χ1v) is 8.36. The summed E-state index contributed by atoms with van der Waals surface area (Å²) in [6, 6.07) is 0. The molecular weight excluding hydrogens is 288 g/mol. The maximum atomic E-state index is 11.1. The molecule has 1 N–H and O–H groups in total. The van der Waals surface area contributed by atoms with E-state index in [4.69, 9.17) is 19.8 Å². The minimum atomic E-state index is -1.75. The maximum Gasteiger partial charge on any atom is 0.373 e. The van der Waals surface area contributed by atoms with Crippen LogP contribution in [-0.4, -0.2) is 29.1 Å². The summed E-state index contributed by atoms with van der Waals surface area (Å²) in [5.74, 6) is -1.42. The van der Waals surface area contributed by atoms with Gasteiger partial charge in [0.05, 0.1) is 6.10 Å². The van der Waals surface area contributed by atoms with Gasteiger partial charge in [-0.25, -0.2) is 14.6 Å². The van der Waals surface area contributed by atoms with E-state index in [-0.39, 0.29) is 6.10 Å². The van der Waals surface area contributed by atoms with E-state index in [0.717, 1.165) is 31.1 Å². The van der Waals surface area contributed by atoms with Crippen LogP contribution >= 0.6 is 0 Å². The molecule has 2 aliphatic heterocycles. The first-order chi connectivity index (χ1) is 10.4. The van der Waals surface area contributed by atoms with Crippen LogP contribution < -0.4 is 0 Å². The van der Waals surface area contributed by atoms with Crippen LogP contribution in [0.25, 0.3) is 0 Å². The molecule has 0 spiro atoms. The van der Waals surface area contributed by atoms with Gasteiger partial charge < -0.3 is 5.11 Å². The lowest BCUT2D eigenvalue weighted by atomic mass is 9.93. The summed E-state index contributed by atoms with van der Waals surface area (Å²) < 4.78 is 0. The number of aliphatic carboxylic acids is 1. The molecule has 6 nitrogen and oxygen atoms in total. The highest BCUT2D eigenvalue weighted by molar-refractivity contribution is 5.77. The smallest absolute Gasteiger partial charge is 0.373 e. The Bertz CT molecular complexity index is 372. The maximum absolute atomic E-state index is 11.1. The molecule has 2 saturated heterocycles. The van der Waals surface area contributed by atoms with E-state index < -0.39 is 17.9 Å². The number of carboxylic acid groups (broad SMARTS) is 1. The van der Waals surface area contributed by atoms with Crippen LogP contribution in [0.15, 0.2) is 0 Å². The van der Waals surface area contributed by atoms with Crippen molar-refractivity contribution < 1.29 is 29.5 Å². The summed E-state index contributed by atoms with van der Waals surface area (Å²) in [7, 11) is 0. The SMILES string of the molecule is CC(C)CCC(C)CCCCC1CC2OOC2(C(=O)O)OO1. The molecule has 0 aliphatic carbocycles. The van der Waals surface area contributed by atoms with Gasteiger partial charge in [-0.2, -0.15) is 9.78 Å². The molecule has 22 heavy (non-hydrogen) atoms. The lowest BCUT2D eigenvalue weighted by molar-refractivity contribution is -0.632. The standard InChI is InChI=1S/C16H28O6/c1-11(2)8-9-12(3)6-4-5-7-13-10-14-16(15(17)18,21-19-13)22-20-14/h11-14H,4-10H2,1-3H3,(H,17,18). The summed E-state index contributed by atoms with van der Waals surface area (Å²) in [5.41, 5.74) is 0. The highest BCUT2D eigenvalue weighted by Gasteiger charge is 2.64. The van der Waals surface area contributed by atoms with Gasteiger partial charge in [-0.15, -0.1) is 0 Å². The van der Waals surface area contributed by atoms with Crippen LogP contribution in [0, 0.1) is 11.8 Å². The molecule has 128 valence electrons. The highest BCUT2D eigenvalue weighted by Crippen LogP contribution is 2.40. The molecule has 0 amide bonds. The summed E-state index contributed by atoms with van der Waals surface area (Å²) in [4.78, 5) is 30.6. The van der Waals surface area contributed by atoms with E-state index in [1.165, 1.54) is 19.3 Å². The molecule has 0 radical (unpaired) electrons. The Balaban J connectivity index is 1.58. The Morgan fingerprint density at radius 1 is 1.14 bits per heavy atom. The summed E-state index contributed by atoms with van der Waals surface area (Å²) >= 11 is 0. The number of carbonyl (C=O) groups is 1. The molecule has 0 bridgehead atoms. The minimum absolute atomic E-state index is 0.118.